The van der Waals surface area contributed by atoms with Crippen molar-refractivity contribution in [3.63, 3.8) is 0 Å². The normalized spacial score (nSPS) is 11.0. The molecule has 0 spiro atoms. The van der Waals surface area contributed by atoms with Crippen molar-refractivity contribution in [2.24, 2.45) is 0 Å². The van der Waals surface area contributed by atoms with Crippen molar-refractivity contribution >= 4 is 5.97 Å². The minimum atomic E-state index is -1.21. The average Bonchev–Trinajstić information content (AvgIpc) is 2.58. The minimum Gasteiger partial charge on any atom is -0.423 e. The number of carbonyl (C=O) groups excluding carboxylic acids is 1. The van der Waals surface area contributed by atoms with Gasteiger partial charge in [0.05, 0.1) is 5.56 Å². The Bertz CT molecular complexity index is 737. The lowest BCUT2D eigenvalue weighted by Gasteiger charge is -2.07. The molecule has 0 heterocycles. The summed E-state index contributed by atoms with van der Waals surface area (Å²) in [6, 6.07) is 9.20. The lowest BCUT2D eigenvalue weighted by atomic mass is 10.1. The quantitative estimate of drug-likeness (QED) is 0.424. The summed E-state index contributed by atoms with van der Waals surface area (Å²) >= 11 is 0. The summed E-state index contributed by atoms with van der Waals surface area (Å²) in [4.78, 5) is 12.0. The van der Waals surface area contributed by atoms with Crippen molar-refractivity contribution < 1.29 is 22.7 Å². The van der Waals surface area contributed by atoms with E-state index >= 15 is 0 Å². The number of carbonyl (C=O) groups is 1. The number of hydrogen-bond donors (Lipinski definition) is 0. The fourth-order valence-corrected chi connectivity index (χ4v) is 2.12. The third kappa shape index (κ3) is 4.47. The molecule has 0 bridgehead atoms. The molecule has 0 radical (unpaired) electrons. The summed E-state index contributed by atoms with van der Waals surface area (Å²) in [5, 5.41) is 0. The van der Waals surface area contributed by atoms with Crippen molar-refractivity contribution in [2.45, 2.75) is 19.8 Å². The molecule has 2 rings (SSSR count). The van der Waals surface area contributed by atoms with Gasteiger partial charge in [0.1, 0.15) is 12.4 Å². The Labute approximate surface area is 138 Å². The lowest BCUT2D eigenvalue weighted by Crippen LogP contribution is -2.12. The number of aryl methyl sites for hydroxylation is 2. The summed E-state index contributed by atoms with van der Waals surface area (Å²) in [6.45, 7) is 0.931. The highest BCUT2D eigenvalue weighted by molar-refractivity contribution is 5.91. The summed E-state index contributed by atoms with van der Waals surface area (Å²) < 4.78 is 44.3. The summed E-state index contributed by atoms with van der Waals surface area (Å²) in [5.41, 5.74) is 0.666. The highest BCUT2D eigenvalue weighted by Gasteiger charge is 2.18. The van der Waals surface area contributed by atoms with Gasteiger partial charge in [0.15, 0.2) is 11.6 Å². The Morgan fingerprint density at radius 2 is 1.75 bits per heavy atom. The number of allylic oxidation sites excluding steroid dienone is 2. The van der Waals surface area contributed by atoms with Crippen molar-refractivity contribution in [1.82, 2.24) is 0 Å². The molecule has 0 unspecified atom stereocenters. The number of ether oxygens (including phenoxy) is 1. The van der Waals surface area contributed by atoms with Gasteiger partial charge in [0.25, 0.3) is 0 Å². The second-order valence-corrected chi connectivity index (χ2v) is 5.26. The molecule has 0 aliphatic rings. The van der Waals surface area contributed by atoms with Gasteiger partial charge in [0, 0.05) is 0 Å². The predicted octanol–water partition coefficient (Wildman–Crippen LogP) is 4.95. The summed E-state index contributed by atoms with van der Waals surface area (Å²) in [7, 11) is 0. The van der Waals surface area contributed by atoms with Gasteiger partial charge < -0.3 is 4.74 Å². The molecule has 126 valence electrons. The third-order valence-electron chi connectivity index (χ3n) is 3.48. The average molecular weight is 334 g/mol. The Morgan fingerprint density at radius 1 is 1.04 bits per heavy atom. The van der Waals surface area contributed by atoms with Crippen LogP contribution in [-0.2, 0) is 6.42 Å². The Kier molecular flexibility index (Phi) is 6.18. The maximum absolute atomic E-state index is 13.8. The van der Waals surface area contributed by atoms with Gasteiger partial charge >= 0.3 is 5.97 Å². The van der Waals surface area contributed by atoms with Crippen LogP contribution in [0.2, 0.25) is 0 Å². The van der Waals surface area contributed by atoms with Crippen LogP contribution in [0.1, 0.15) is 27.9 Å². The van der Waals surface area contributed by atoms with E-state index in [1.54, 1.807) is 30.3 Å². The van der Waals surface area contributed by atoms with Crippen LogP contribution in [0.15, 0.2) is 48.6 Å². The molecule has 2 aromatic rings. The molecule has 2 nitrogen and oxygen atoms in total. The first-order valence-electron chi connectivity index (χ1n) is 7.49. The molecule has 0 atom stereocenters. The van der Waals surface area contributed by atoms with Crippen LogP contribution in [0.4, 0.5) is 13.2 Å². The molecule has 0 N–H and O–H groups in total. The van der Waals surface area contributed by atoms with E-state index in [4.69, 9.17) is 4.74 Å². The van der Waals surface area contributed by atoms with Crippen LogP contribution in [0.5, 0.6) is 5.75 Å². The predicted molar refractivity (Wildman–Crippen MR) is 85.9 cm³/mol. The number of esters is 1. The molecule has 0 amide bonds. The molecule has 24 heavy (non-hydrogen) atoms. The maximum atomic E-state index is 13.8. The molecule has 0 aromatic heterocycles. The SMILES string of the molecule is Cc1ccc(C(=O)Oc2ccc(CCC=CCF)cc2)c(F)c1F. The van der Waals surface area contributed by atoms with E-state index in [0.717, 1.165) is 12.0 Å². The summed E-state index contributed by atoms with van der Waals surface area (Å²) in [5.74, 6) is -2.98. The lowest BCUT2D eigenvalue weighted by molar-refractivity contribution is 0.0728. The summed E-state index contributed by atoms with van der Waals surface area (Å²) in [6.07, 6.45) is 4.63. The van der Waals surface area contributed by atoms with Gasteiger partial charge in [-0.3, -0.25) is 0 Å². The zero-order valence-corrected chi connectivity index (χ0v) is 13.2. The molecule has 0 saturated carbocycles. The third-order valence-corrected chi connectivity index (χ3v) is 3.48. The number of rotatable bonds is 6. The smallest absolute Gasteiger partial charge is 0.346 e. The molecular formula is C19H17F3O2. The van der Waals surface area contributed by atoms with Crippen LogP contribution in [0.3, 0.4) is 0 Å². The highest BCUT2D eigenvalue weighted by Crippen LogP contribution is 2.19. The van der Waals surface area contributed by atoms with Crippen molar-refractivity contribution in [3.05, 3.63) is 76.9 Å². The van der Waals surface area contributed by atoms with Gasteiger partial charge in [-0.05, 0) is 49.1 Å². The molecular weight excluding hydrogens is 317 g/mol. The van der Waals surface area contributed by atoms with Gasteiger partial charge in [-0.1, -0.05) is 30.4 Å². The van der Waals surface area contributed by atoms with Gasteiger partial charge in [0.2, 0.25) is 0 Å². The van der Waals surface area contributed by atoms with Crippen molar-refractivity contribution in [1.29, 1.82) is 0 Å². The first kappa shape index (κ1) is 17.8. The topological polar surface area (TPSA) is 26.3 Å². The van der Waals surface area contributed by atoms with Crippen LogP contribution in [0.25, 0.3) is 0 Å². The van der Waals surface area contributed by atoms with E-state index in [-0.39, 0.29) is 11.3 Å². The number of alkyl halides is 1. The van der Waals surface area contributed by atoms with Crippen LogP contribution >= 0.6 is 0 Å². The first-order chi connectivity index (χ1) is 11.5. The van der Waals surface area contributed by atoms with E-state index in [2.05, 4.69) is 0 Å². The molecule has 5 heteroatoms. The zero-order valence-electron chi connectivity index (χ0n) is 13.2. The van der Waals surface area contributed by atoms with E-state index < -0.39 is 29.8 Å². The van der Waals surface area contributed by atoms with Crippen molar-refractivity contribution in [2.75, 3.05) is 6.67 Å². The fraction of sp³-hybridized carbons (Fsp3) is 0.211. The Morgan fingerprint density at radius 3 is 2.42 bits per heavy atom. The van der Waals surface area contributed by atoms with E-state index in [1.807, 2.05) is 0 Å². The Hall–Kier alpha value is -2.56. The van der Waals surface area contributed by atoms with Crippen LogP contribution in [-0.4, -0.2) is 12.6 Å². The number of hydrogen-bond acceptors (Lipinski definition) is 2. The zero-order chi connectivity index (χ0) is 17.5. The largest absolute Gasteiger partial charge is 0.423 e. The highest BCUT2D eigenvalue weighted by atomic mass is 19.2. The van der Waals surface area contributed by atoms with E-state index in [9.17, 15) is 18.0 Å². The van der Waals surface area contributed by atoms with E-state index in [0.29, 0.717) is 6.42 Å². The second-order valence-electron chi connectivity index (χ2n) is 5.26. The molecule has 0 fully saturated rings. The fourth-order valence-electron chi connectivity index (χ4n) is 2.12. The number of halogens is 3. The monoisotopic (exact) mass is 334 g/mol. The standard InChI is InChI=1S/C19H17F3O2/c1-13-6-11-16(18(22)17(13)21)19(23)24-15-9-7-14(8-10-15)5-3-2-4-12-20/h2,4,6-11H,3,5,12H2,1H3. The van der Waals surface area contributed by atoms with Crippen LogP contribution in [0, 0.1) is 18.6 Å². The first-order valence-corrected chi connectivity index (χ1v) is 7.49. The second kappa shape index (κ2) is 8.34. The van der Waals surface area contributed by atoms with Crippen LogP contribution < -0.4 is 4.74 Å². The van der Waals surface area contributed by atoms with Gasteiger partial charge in [-0.2, -0.15) is 0 Å². The Balaban J connectivity index is 2.02. The van der Waals surface area contributed by atoms with E-state index in [1.165, 1.54) is 25.1 Å². The minimum absolute atomic E-state index is 0.121. The van der Waals surface area contributed by atoms with Crippen molar-refractivity contribution in [3.8, 4) is 5.75 Å². The molecule has 2 aromatic carbocycles. The van der Waals surface area contributed by atoms with Gasteiger partial charge in [-0.25, -0.2) is 18.0 Å². The maximum Gasteiger partial charge on any atom is 0.346 e. The number of benzene rings is 2. The molecule has 0 aliphatic heterocycles. The van der Waals surface area contributed by atoms with Gasteiger partial charge in [-0.15, -0.1) is 0 Å². The molecule has 0 saturated heterocycles. The molecule has 0 aliphatic carbocycles.